The molecule has 0 aliphatic rings. The van der Waals surface area contributed by atoms with Gasteiger partial charge in [0.1, 0.15) is 5.69 Å². The number of hydrogen-bond donors (Lipinski definition) is 2. The number of nitro groups is 1. The second kappa shape index (κ2) is 5.72. The molecule has 0 saturated heterocycles. The largest absolute Gasteiger partial charge is 0.505 e. The van der Waals surface area contributed by atoms with Crippen molar-refractivity contribution < 1.29 is 10.0 Å². The number of benzene rings is 3. The van der Waals surface area contributed by atoms with Gasteiger partial charge in [-0.25, -0.2) is 0 Å². The Labute approximate surface area is 130 Å². The second-order valence-electron chi connectivity index (χ2n) is 4.85. The molecule has 0 spiro atoms. The minimum absolute atomic E-state index is 0.0135. The summed E-state index contributed by atoms with van der Waals surface area (Å²) in [6.07, 6.45) is 0. The van der Waals surface area contributed by atoms with Crippen LogP contribution in [0.2, 0.25) is 0 Å². The van der Waals surface area contributed by atoms with Crippen molar-refractivity contribution >= 4 is 33.5 Å². The topological polar surface area (TPSA) is 114 Å². The van der Waals surface area contributed by atoms with Crippen LogP contribution in [0.1, 0.15) is 0 Å². The maximum Gasteiger partial charge on any atom is 0.269 e. The molecule has 114 valence electrons. The third-order valence-electron chi connectivity index (χ3n) is 3.38. The summed E-state index contributed by atoms with van der Waals surface area (Å²) >= 11 is 0. The van der Waals surface area contributed by atoms with Crippen LogP contribution in [0.15, 0.2) is 64.8 Å². The average molecular weight is 308 g/mol. The van der Waals surface area contributed by atoms with E-state index in [0.29, 0.717) is 22.4 Å². The molecule has 3 aromatic carbocycles. The Morgan fingerprint density at radius 1 is 0.957 bits per heavy atom. The number of nitrogen functional groups attached to an aromatic ring is 1. The van der Waals surface area contributed by atoms with Crippen LogP contribution < -0.4 is 5.73 Å². The zero-order chi connectivity index (χ0) is 16.4. The van der Waals surface area contributed by atoms with Crippen molar-refractivity contribution in [3.63, 3.8) is 0 Å². The lowest BCUT2D eigenvalue weighted by Gasteiger charge is -2.05. The van der Waals surface area contributed by atoms with Gasteiger partial charge in [-0.2, -0.15) is 5.11 Å². The van der Waals surface area contributed by atoms with Gasteiger partial charge in [-0.3, -0.25) is 10.1 Å². The van der Waals surface area contributed by atoms with Crippen molar-refractivity contribution in [3.8, 4) is 5.75 Å². The van der Waals surface area contributed by atoms with Crippen LogP contribution in [-0.4, -0.2) is 10.0 Å². The molecular formula is C16H12N4O3. The number of non-ortho nitro benzene ring substituents is 1. The Bertz CT molecular complexity index is 921. The van der Waals surface area contributed by atoms with Gasteiger partial charge in [-0.05, 0) is 30.3 Å². The lowest BCUT2D eigenvalue weighted by molar-refractivity contribution is -0.384. The summed E-state index contributed by atoms with van der Waals surface area (Å²) in [6, 6.07) is 14.3. The number of anilines is 1. The van der Waals surface area contributed by atoms with Gasteiger partial charge in [-0.15, -0.1) is 5.11 Å². The first kappa shape index (κ1) is 14.5. The number of phenols is 1. The summed E-state index contributed by atoms with van der Waals surface area (Å²) in [7, 11) is 0. The number of azo groups is 1. The van der Waals surface area contributed by atoms with Gasteiger partial charge in [0.25, 0.3) is 5.69 Å². The molecule has 0 aliphatic carbocycles. The Balaban J connectivity index is 1.95. The van der Waals surface area contributed by atoms with Crippen LogP contribution in [0.4, 0.5) is 22.7 Å². The maximum atomic E-state index is 10.6. The summed E-state index contributed by atoms with van der Waals surface area (Å²) in [5.41, 5.74) is 7.14. The van der Waals surface area contributed by atoms with Gasteiger partial charge >= 0.3 is 0 Å². The minimum Gasteiger partial charge on any atom is -0.505 e. The number of fused-ring (bicyclic) bond motifs is 1. The van der Waals surface area contributed by atoms with Gasteiger partial charge in [0.05, 0.1) is 10.6 Å². The summed E-state index contributed by atoms with van der Waals surface area (Å²) in [4.78, 5) is 10.1. The van der Waals surface area contributed by atoms with Gasteiger partial charge < -0.3 is 10.8 Å². The number of nitro benzene ring substituents is 1. The molecule has 0 atom stereocenters. The van der Waals surface area contributed by atoms with Crippen LogP contribution in [0.3, 0.4) is 0 Å². The number of phenolic OH excluding ortho intramolecular Hbond substituents is 1. The molecule has 0 heterocycles. The molecule has 7 nitrogen and oxygen atoms in total. The molecule has 23 heavy (non-hydrogen) atoms. The first-order valence-electron chi connectivity index (χ1n) is 6.72. The number of hydrogen-bond acceptors (Lipinski definition) is 6. The highest BCUT2D eigenvalue weighted by molar-refractivity contribution is 5.99. The molecule has 0 radical (unpaired) electrons. The Morgan fingerprint density at radius 3 is 2.39 bits per heavy atom. The monoisotopic (exact) mass is 308 g/mol. The predicted octanol–water partition coefficient (Wildman–Crippen LogP) is 4.45. The van der Waals surface area contributed by atoms with E-state index in [1.807, 2.05) is 0 Å². The highest BCUT2D eigenvalue weighted by atomic mass is 16.6. The Kier molecular flexibility index (Phi) is 3.60. The predicted molar refractivity (Wildman–Crippen MR) is 87.3 cm³/mol. The van der Waals surface area contributed by atoms with Crippen molar-refractivity contribution in [2.45, 2.75) is 0 Å². The fourth-order valence-corrected chi connectivity index (χ4v) is 2.19. The Morgan fingerprint density at radius 2 is 1.70 bits per heavy atom. The molecule has 0 aliphatic heterocycles. The molecule has 3 aromatic rings. The van der Waals surface area contributed by atoms with Crippen molar-refractivity contribution in [2.24, 2.45) is 10.2 Å². The van der Waals surface area contributed by atoms with Crippen LogP contribution in [0.5, 0.6) is 5.75 Å². The van der Waals surface area contributed by atoms with Gasteiger partial charge in [0, 0.05) is 28.6 Å². The molecule has 0 unspecified atom stereocenters. The average Bonchev–Trinajstić information content (AvgIpc) is 2.55. The van der Waals surface area contributed by atoms with Gasteiger partial charge in [-0.1, -0.05) is 12.1 Å². The van der Waals surface area contributed by atoms with Crippen molar-refractivity contribution in [3.05, 3.63) is 64.7 Å². The molecule has 3 N–H and O–H groups in total. The highest BCUT2D eigenvalue weighted by Crippen LogP contribution is 2.37. The summed E-state index contributed by atoms with van der Waals surface area (Å²) in [5, 5.41) is 30.2. The van der Waals surface area contributed by atoms with E-state index in [1.54, 1.807) is 30.3 Å². The van der Waals surface area contributed by atoms with Crippen LogP contribution in [-0.2, 0) is 0 Å². The van der Waals surface area contributed by atoms with E-state index < -0.39 is 4.92 Å². The molecule has 0 bridgehead atoms. The van der Waals surface area contributed by atoms with E-state index >= 15 is 0 Å². The van der Waals surface area contributed by atoms with Crippen LogP contribution in [0.25, 0.3) is 10.8 Å². The first-order valence-corrected chi connectivity index (χ1v) is 6.72. The van der Waals surface area contributed by atoms with E-state index in [1.165, 1.54) is 24.3 Å². The molecule has 0 amide bonds. The molecule has 7 heteroatoms. The van der Waals surface area contributed by atoms with Crippen molar-refractivity contribution in [1.82, 2.24) is 0 Å². The van der Waals surface area contributed by atoms with Gasteiger partial charge in [0.15, 0.2) is 5.75 Å². The number of nitrogens with two attached hydrogens (primary N) is 1. The van der Waals surface area contributed by atoms with E-state index in [2.05, 4.69) is 10.2 Å². The standard InChI is InChI=1S/C16H12N4O3/c17-14-3-1-2-13-12(14)8-9-15(16(13)21)19-18-10-4-6-11(7-5-10)20(22)23/h1-9,21H,17H2. The zero-order valence-electron chi connectivity index (χ0n) is 11.9. The number of rotatable bonds is 3. The summed E-state index contributed by atoms with van der Waals surface area (Å²) in [5.74, 6) is -0.0135. The smallest absolute Gasteiger partial charge is 0.269 e. The third-order valence-corrected chi connectivity index (χ3v) is 3.38. The Hall–Kier alpha value is -3.48. The molecule has 0 fully saturated rings. The number of nitrogens with zero attached hydrogens (tertiary/aromatic N) is 3. The second-order valence-corrected chi connectivity index (χ2v) is 4.85. The van der Waals surface area contributed by atoms with Gasteiger partial charge in [0.2, 0.25) is 0 Å². The fourth-order valence-electron chi connectivity index (χ4n) is 2.19. The summed E-state index contributed by atoms with van der Waals surface area (Å²) in [6.45, 7) is 0. The highest BCUT2D eigenvalue weighted by Gasteiger charge is 2.08. The quantitative estimate of drug-likeness (QED) is 0.322. The fraction of sp³-hybridized carbons (Fsp3) is 0. The molecule has 0 saturated carbocycles. The van der Waals surface area contributed by atoms with E-state index in [-0.39, 0.29) is 11.4 Å². The maximum absolute atomic E-state index is 10.6. The number of aromatic hydroxyl groups is 1. The normalized spacial score (nSPS) is 11.1. The minimum atomic E-state index is -0.486. The molecular weight excluding hydrogens is 296 g/mol. The molecule has 0 aromatic heterocycles. The summed E-state index contributed by atoms with van der Waals surface area (Å²) < 4.78 is 0. The van der Waals surface area contributed by atoms with Crippen LogP contribution in [0, 0.1) is 10.1 Å². The van der Waals surface area contributed by atoms with E-state index in [9.17, 15) is 15.2 Å². The third kappa shape index (κ3) is 2.80. The van der Waals surface area contributed by atoms with Crippen molar-refractivity contribution in [2.75, 3.05) is 5.73 Å². The lowest BCUT2D eigenvalue weighted by atomic mass is 10.1. The zero-order valence-corrected chi connectivity index (χ0v) is 11.9. The van der Waals surface area contributed by atoms with Crippen LogP contribution >= 0.6 is 0 Å². The van der Waals surface area contributed by atoms with E-state index in [0.717, 1.165) is 5.39 Å². The lowest BCUT2D eigenvalue weighted by Crippen LogP contribution is -1.86. The van der Waals surface area contributed by atoms with E-state index in [4.69, 9.17) is 5.73 Å². The SMILES string of the molecule is Nc1cccc2c(O)c(N=Nc3ccc([N+](=O)[O-])cc3)ccc12. The van der Waals surface area contributed by atoms with Crippen molar-refractivity contribution in [1.29, 1.82) is 0 Å². The first-order chi connectivity index (χ1) is 11.1. The molecule has 3 rings (SSSR count).